The minimum Gasteiger partial charge on any atom is -0.384 e. The van der Waals surface area contributed by atoms with Gasteiger partial charge in [0.2, 0.25) is 0 Å². The Kier molecular flexibility index (Phi) is 3.37. The van der Waals surface area contributed by atoms with Crippen molar-refractivity contribution in [3.05, 3.63) is 53.2 Å². The normalized spacial score (nSPS) is 17.4. The highest BCUT2D eigenvalue weighted by Gasteiger charge is 2.25. The number of rotatable bonds is 2. The predicted molar refractivity (Wildman–Crippen MR) is 86.3 cm³/mol. The summed E-state index contributed by atoms with van der Waals surface area (Å²) >= 11 is 0. The summed E-state index contributed by atoms with van der Waals surface area (Å²) in [6, 6.07) is 12.2. The second kappa shape index (κ2) is 5.20. The zero-order chi connectivity index (χ0) is 15.0. The van der Waals surface area contributed by atoms with Crippen LogP contribution in [0, 0.1) is 18.3 Å². The fourth-order valence-corrected chi connectivity index (χ4v) is 2.96. The lowest BCUT2D eigenvalue weighted by molar-refractivity contribution is 0.560. The number of nitrogen functional groups attached to an aromatic ring is 1. The molecule has 2 heterocycles. The van der Waals surface area contributed by atoms with Crippen LogP contribution in [0.25, 0.3) is 0 Å². The molecule has 0 radical (unpaired) electrons. The number of aryl methyl sites for hydroxylation is 1. The summed E-state index contributed by atoms with van der Waals surface area (Å²) in [5, 5.41) is 7.81. The molecule has 3 N–H and O–H groups in total. The van der Waals surface area contributed by atoms with E-state index in [0.29, 0.717) is 11.5 Å². The van der Waals surface area contributed by atoms with E-state index in [9.17, 15) is 0 Å². The molecule has 4 heteroatoms. The first-order valence-electron chi connectivity index (χ1n) is 7.23. The highest BCUT2D eigenvalue weighted by molar-refractivity contribution is 6.00. The van der Waals surface area contributed by atoms with Crippen molar-refractivity contribution in [3.63, 3.8) is 0 Å². The molecular formula is C17H20N4. The number of anilines is 2. The lowest BCUT2D eigenvalue weighted by Gasteiger charge is -2.35. The molecule has 1 aromatic heterocycles. The van der Waals surface area contributed by atoms with Crippen LogP contribution in [0.2, 0.25) is 0 Å². The highest BCUT2D eigenvalue weighted by Crippen LogP contribution is 2.35. The van der Waals surface area contributed by atoms with E-state index in [1.165, 1.54) is 11.3 Å². The van der Waals surface area contributed by atoms with Gasteiger partial charge in [-0.3, -0.25) is 5.41 Å². The lowest BCUT2D eigenvalue weighted by atomic mass is 9.93. The molecule has 108 valence electrons. The molecule has 0 bridgehead atoms. The van der Waals surface area contributed by atoms with E-state index in [4.69, 9.17) is 11.1 Å². The molecule has 4 nitrogen and oxygen atoms in total. The lowest BCUT2D eigenvalue weighted by Crippen LogP contribution is -2.33. The average Bonchev–Trinajstić information content (AvgIpc) is 2.45. The monoisotopic (exact) mass is 280 g/mol. The van der Waals surface area contributed by atoms with Gasteiger partial charge in [0.25, 0.3) is 0 Å². The van der Waals surface area contributed by atoms with Crippen LogP contribution in [0.5, 0.6) is 0 Å². The largest absolute Gasteiger partial charge is 0.384 e. The molecule has 1 unspecified atom stereocenters. The molecule has 0 spiro atoms. The Morgan fingerprint density at radius 2 is 2.05 bits per heavy atom. The maximum atomic E-state index is 7.81. The topological polar surface area (TPSA) is 66.0 Å². The number of nitrogens with zero attached hydrogens (tertiary/aromatic N) is 2. The smallest absolute Gasteiger partial charge is 0.144 e. The quantitative estimate of drug-likeness (QED) is 0.656. The number of amidine groups is 1. The number of para-hydroxylation sites is 1. The van der Waals surface area contributed by atoms with E-state index in [-0.39, 0.29) is 5.84 Å². The average molecular weight is 280 g/mol. The van der Waals surface area contributed by atoms with Gasteiger partial charge in [0.05, 0.1) is 5.56 Å². The maximum absolute atomic E-state index is 7.81. The van der Waals surface area contributed by atoms with E-state index in [1.54, 1.807) is 0 Å². The van der Waals surface area contributed by atoms with Crippen LogP contribution in [-0.4, -0.2) is 17.4 Å². The van der Waals surface area contributed by atoms with Crippen molar-refractivity contribution in [3.8, 4) is 0 Å². The first-order valence-corrected chi connectivity index (χ1v) is 7.23. The summed E-state index contributed by atoms with van der Waals surface area (Å²) in [7, 11) is 0. The Morgan fingerprint density at radius 3 is 2.81 bits per heavy atom. The third-order valence-electron chi connectivity index (χ3n) is 3.91. The third kappa shape index (κ3) is 2.49. The number of fused-ring (bicyclic) bond motifs is 1. The molecule has 1 atom stereocenters. The fourth-order valence-electron chi connectivity index (χ4n) is 2.96. The molecule has 0 aliphatic carbocycles. The SMILES string of the molecule is Cc1ccc(C(=N)N)c(N2CC(C)Cc3ccccc32)n1. The minimum absolute atomic E-state index is 0.0632. The summed E-state index contributed by atoms with van der Waals surface area (Å²) in [5.41, 5.74) is 9.88. The van der Waals surface area contributed by atoms with Gasteiger partial charge in [-0.05, 0) is 43.0 Å². The predicted octanol–water partition coefficient (Wildman–Crippen LogP) is 3.00. The molecule has 1 aliphatic heterocycles. The van der Waals surface area contributed by atoms with Gasteiger partial charge in [-0.25, -0.2) is 4.98 Å². The van der Waals surface area contributed by atoms with Crippen molar-refractivity contribution < 1.29 is 0 Å². The number of aromatic nitrogens is 1. The van der Waals surface area contributed by atoms with Gasteiger partial charge >= 0.3 is 0 Å². The van der Waals surface area contributed by atoms with Crippen molar-refractivity contribution in [2.24, 2.45) is 11.7 Å². The molecule has 1 aliphatic rings. The van der Waals surface area contributed by atoms with Gasteiger partial charge in [0.1, 0.15) is 11.7 Å². The van der Waals surface area contributed by atoms with Crippen molar-refractivity contribution in [1.29, 1.82) is 5.41 Å². The van der Waals surface area contributed by atoms with Gasteiger partial charge in [0.15, 0.2) is 0 Å². The van der Waals surface area contributed by atoms with E-state index in [0.717, 1.165) is 24.5 Å². The van der Waals surface area contributed by atoms with Gasteiger partial charge in [-0.15, -0.1) is 0 Å². The van der Waals surface area contributed by atoms with Crippen molar-refractivity contribution in [1.82, 2.24) is 4.98 Å². The van der Waals surface area contributed by atoms with Gasteiger partial charge in [0, 0.05) is 17.9 Å². The van der Waals surface area contributed by atoms with E-state index in [2.05, 4.69) is 35.0 Å². The van der Waals surface area contributed by atoms with Gasteiger partial charge in [-0.1, -0.05) is 25.1 Å². The summed E-state index contributed by atoms with van der Waals surface area (Å²) in [5.74, 6) is 1.40. The van der Waals surface area contributed by atoms with Crippen molar-refractivity contribution in [2.75, 3.05) is 11.4 Å². The first-order chi connectivity index (χ1) is 10.1. The molecule has 2 aromatic rings. The number of pyridine rings is 1. The van der Waals surface area contributed by atoms with Crippen LogP contribution in [0.15, 0.2) is 36.4 Å². The van der Waals surface area contributed by atoms with E-state index in [1.807, 2.05) is 25.1 Å². The fraction of sp³-hybridized carbons (Fsp3) is 0.294. The zero-order valence-corrected chi connectivity index (χ0v) is 12.4. The Bertz CT molecular complexity index is 693. The van der Waals surface area contributed by atoms with Crippen LogP contribution >= 0.6 is 0 Å². The molecule has 1 aromatic carbocycles. The standard InChI is InChI=1S/C17H20N4/c1-11-9-13-5-3-4-6-15(13)21(10-11)17-14(16(18)19)8-7-12(2)20-17/h3-8,11H,9-10H2,1-2H3,(H3,18,19). The third-order valence-corrected chi connectivity index (χ3v) is 3.91. The molecule has 0 saturated carbocycles. The number of nitrogens with one attached hydrogen (secondary N) is 1. The number of hydrogen-bond acceptors (Lipinski definition) is 3. The van der Waals surface area contributed by atoms with Crippen LogP contribution in [0.3, 0.4) is 0 Å². The van der Waals surface area contributed by atoms with Gasteiger partial charge < -0.3 is 10.6 Å². The molecule has 0 amide bonds. The number of nitrogens with two attached hydrogens (primary N) is 1. The van der Waals surface area contributed by atoms with Crippen LogP contribution in [0.1, 0.15) is 23.7 Å². The number of hydrogen-bond donors (Lipinski definition) is 2. The summed E-state index contributed by atoms with van der Waals surface area (Å²) in [6.07, 6.45) is 1.08. The Labute approximate surface area is 125 Å². The summed E-state index contributed by atoms with van der Waals surface area (Å²) < 4.78 is 0. The maximum Gasteiger partial charge on any atom is 0.144 e. The summed E-state index contributed by atoms with van der Waals surface area (Å²) in [6.45, 7) is 5.10. The van der Waals surface area contributed by atoms with Crippen LogP contribution in [0.4, 0.5) is 11.5 Å². The molecule has 0 fully saturated rings. The van der Waals surface area contributed by atoms with Crippen molar-refractivity contribution in [2.45, 2.75) is 20.3 Å². The van der Waals surface area contributed by atoms with E-state index < -0.39 is 0 Å². The van der Waals surface area contributed by atoms with Gasteiger partial charge in [-0.2, -0.15) is 0 Å². The highest BCUT2D eigenvalue weighted by atomic mass is 15.2. The Hall–Kier alpha value is -2.36. The van der Waals surface area contributed by atoms with Crippen LogP contribution < -0.4 is 10.6 Å². The van der Waals surface area contributed by atoms with Crippen molar-refractivity contribution >= 4 is 17.3 Å². The molecular weight excluding hydrogens is 260 g/mol. The molecule has 21 heavy (non-hydrogen) atoms. The molecule has 0 saturated heterocycles. The second-order valence-electron chi connectivity index (χ2n) is 5.79. The number of benzene rings is 1. The van der Waals surface area contributed by atoms with Crippen LogP contribution in [-0.2, 0) is 6.42 Å². The molecule has 3 rings (SSSR count). The Morgan fingerprint density at radius 1 is 1.29 bits per heavy atom. The zero-order valence-electron chi connectivity index (χ0n) is 12.4. The van der Waals surface area contributed by atoms with E-state index >= 15 is 0 Å². The Balaban J connectivity index is 2.17. The first kappa shape index (κ1) is 13.6. The second-order valence-corrected chi connectivity index (χ2v) is 5.79. The summed E-state index contributed by atoms with van der Waals surface area (Å²) in [4.78, 5) is 6.86. The minimum atomic E-state index is 0.0632.